The average molecular weight is 222 g/mol. The van der Waals surface area contributed by atoms with Crippen molar-refractivity contribution in [1.82, 2.24) is 10.3 Å². The van der Waals surface area contributed by atoms with E-state index in [2.05, 4.69) is 23.3 Å². The Labute approximate surface area is 98.2 Å². The Morgan fingerprint density at radius 1 is 1.38 bits per heavy atom. The number of rotatable bonds is 7. The number of nitrogens with one attached hydrogen (secondary N) is 1. The van der Waals surface area contributed by atoms with Crippen LogP contribution in [0.3, 0.4) is 0 Å². The van der Waals surface area contributed by atoms with Gasteiger partial charge >= 0.3 is 0 Å². The molecule has 3 nitrogen and oxygen atoms in total. The molecule has 1 atom stereocenters. The van der Waals surface area contributed by atoms with E-state index in [4.69, 9.17) is 4.74 Å². The summed E-state index contributed by atoms with van der Waals surface area (Å²) in [5.41, 5.74) is 1.21. The highest BCUT2D eigenvalue weighted by atomic mass is 16.5. The third kappa shape index (κ3) is 3.81. The molecule has 1 N–H and O–H groups in total. The van der Waals surface area contributed by atoms with Gasteiger partial charge in [0.2, 0.25) is 0 Å². The molecular formula is C13H22N2O. The Balaban J connectivity index is 2.62. The average Bonchev–Trinajstić information content (AvgIpc) is 2.35. The summed E-state index contributed by atoms with van der Waals surface area (Å²) >= 11 is 0. The molecule has 0 aliphatic heterocycles. The van der Waals surface area contributed by atoms with Gasteiger partial charge in [-0.25, -0.2) is 0 Å². The molecule has 1 aromatic heterocycles. The molecule has 0 saturated carbocycles. The van der Waals surface area contributed by atoms with Gasteiger partial charge in [0, 0.05) is 12.2 Å². The van der Waals surface area contributed by atoms with Crippen LogP contribution in [0.2, 0.25) is 0 Å². The van der Waals surface area contributed by atoms with Crippen LogP contribution in [0.15, 0.2) is 18.5 Å². The maximum absolute atomic E-state index is 5.18. The zero-order valence-electron chi connectivity index (χ0n) is 10.5. The van der Waals surface area contributed by atoms with Gasteiger partial charge in [0.15, 0.2) is 0 Å². The van der Waals surface area contributed by atoms with E-state index >= 15 is 0 Å². The largest absolute Gasteiger partial charge is 0.495 e. The highest BCUT2D eigenvalue weighted by Crippen LogP contribution is 2.21. The smallest absolute Gasteiger partial charge is 0.137 e. The SMILES string of the molecule is CCCCCC(NC)c1cncc(OC)c1. The number of nitrogens with zero attached hydrogens (tertiary/aromatic N) is 1. The molecule has 3 heteroatoms. The minimum absolute atomic E-state index is 0.383. The van der Waals surface area contributed by atoms with Crippen molar-refractivity contribution in [2.75, 3.05) is 14.2 Å². The number of unbranched alkanes of at least 4 members (excludes halogenated alkanes) is 2. The molecule has 0 aromatic carbocycles. The maximum Gasteiger partial charge on any atom is 0.137 e. The monoisotopic (exact) mass is 222 g/mol. The lowest BCUT2D eigenvalue weighted by Crippen LogP contribution is -2.16. The van der Waals surface area contributed by atoms with Crippen LogP contribution in [0.25, 0.3) is 0 Å². The molecule has 0 radical (unpaired) electrons. The summed E-state index contributed by atoms with van der Waals surface area (Å²) < 4.78 is 5.18. The number of hydrogen-bond donors (Lipinski definition) is 1. The highest BCUT2D eigenvalue weighted by molar-refractivity contribution is 5.25. The van der Waals surface area contributed by atoms with E-state index in [9.17, 15) is 0 Å². The Bertz CT molecular complexity index is 302. The topological polar surface area (TPSA) is 34.2 Å². The van der Waals surface area contributed by atoms with Gasteiger partial charge < -0.3 is 10.1 Å². The summed E-state index contributed by atoms with van der Waals surface area (Å²) in [4.78, 5) is 4.19. The van der Waals surface area contributed by atoms with Gasteiger partial charge in [-0.1, -0.05) is 26.2 Å². The molecule has 0 aliphatic carbocycles. The van der Waals surface area contributed by atoms with Crippen molar-refractivity contribution < 1.29 is 4.74 Å². The third-order valence-electron chi connectivity index (χ3n) is 2.82. The van der Waals surface area contributed by atoms with Gasteiger partial charge in [0.05, 0.1) is 13.3 Å². The summed E-state index contributed by atoms with van der Waals surface area (Å²) in [7, 11) is 3.67. The van der Waals surface area contributed by atoms with Crippen LogP contribution in [0.5, 0.6) is 5.75 Å². The summed E-state index contributed by atoms with van der Waals surface area (Å²) in [6.45, 7) is 2.22. The molecule has 0 aliphatic rings. The molecule has 0 saturated heterocycles. The van der Waals surface area contributed by atoms with Crippen LogP contribution in [-0.2, 0) is 0 Å². The van der Waals surface area contributed by atoms with Crippen molar-refractivity contribution in [1.29, 1.82) is 0 Å². The minimum atomic E-state index is 0.383. The number of aromatic nitrogens is 1. The fraction of sp³-hybridized carbons (Fsp3) is 0.615. The van der Waals surface area contributed by atoms with Gasteiger partial charge in [-0.3, -0.25) is 4.98 Å². The zero-order valence-corrected chi connectivity index (χ0v) is 10.5. The summed E-state index contributed by atoms with van der Waals surface area (Å²) in [5.74, 6) is 0.827. The molecule has 0 amide bonds. The molecule has 1 unspecified atom stereocenters. The molecule has 0 fully saturated rings. The van der Waals surface area contributed by atoms with Gasteiger partial charge in [0.1, 0.15) is 5.75 Å². The van der Waals surface area contributed by atoms with Crippen LogP contribution in [0.1, 0.15) is 44.2 Å². The van der Waals surface area contributed by atoms with Crippen LogP contribution < -0.4 is 10.1 Å². The van der Waals surface area contributed by atoms with E-state index in [0.29, 0.717) is 6.04 Å². The predicted octanol–water partition coefficient (Wildman–Crippen LogP) is 2.93. The number of methoxy groups -OCH3 is 1. The normalized spacial score (nSPS) is 12.4. The molecule has 16 heavy (non-hydrogen) atoms. The Kier molecular flexibility index (Phi) is 5.86. The van der Waals surface area contributed by atoms with Crippen LogP contribution in [-0.4, -0.2) is 19.1 Å². The lowest BCUT2D eigenvalue weighted by atomic mass is 10.0. The summed E-state index contributed by atoms with van der Waals surface area (Å²) in [6.07, 6.45) is 8.60. The molecule has 0 bridgehead atoms. The van der Waals surface area contributed by atoms with E-state index in [1.165, 1.54) is 24.8 Å². The van der Waals surface area contributed by atoms with Crippen molar-refractivity contribution >= 4 is 0 Å². The predicted molar refractivity (Wildman–Crippen MR) is 66.7 cm³/mol. The molecule has 1 heterocycles. The molecule has 1 rings (SSSR count). The Morgan fingerprint density at radius 2 is 2.19 bits per heavy atom. The fourth-order valence-electron chi connectivity index (χ4n) is 1.81. The minimum Gasteiger partial charge on any atom is -0.495 e. The summed E-state index contributed by atoms with van der Waals surface area (Å²) in [5, 5.41) is 3.33. The van der Waals surface area contributed by atoms with Gasteiger partial charge in [0.25, 0.3) is 0 Å². The van der Waals surface area contributed by atoms with E-state index in [1.54, 1.807) is 13.3 Å². The lowest BCUT2D eigenvalue weighted by molar-refractivity contribution is 0.410. The Hall–Kier alpha value is -1.09. The van der Waals surface area contributed by atoms with Crippen molar-refractivity contribution in [2.45, 2.75) is 38.6 Å². The number of hydrogen-bond acceptors (Lipinski definition) is 3. The molecule has 0 spiro atoms. The van der Waals surface area contributed by atoms with Gasteiger partial charge in [-0.15, -0.1) is 0 Å². The second-order valence-electron chi connectivity index (χ2n) is 4.00. The van der Waals surface area contributed by atoms with E-state index in [-0.39, 0.29) is 0 Å². The highest BCUT2D eigenvalue weighted by Gasteiger charge is 2.09. The number of ether oxygens (including phenoxy) is 1. The van der Waals surface area contributed by atoms with Crippen molar-refractivity contribution in [3.8, 4) is 5.75 Å². The Morgan fingerprint density at radius 3 is 2.81 bits per heavy atom. The standard InChI is InChI=1S/C13H22N2O/c1-4-5-6-7-13(14-2)11-8-12(16-3)10-15-9-11/h8-10,13-14H,4-7H2,1-3H3. The molecule has 1 aromatic rings. The zero-order chi connectivity index (χ0) is 11.8. The third-order valence-corrected chi connectivity index (χ3v) is 2.82. The van der Waals surface area contributed by atoms with Crippen molar-refractivity contribution in [3.05, 3.63) is 24.0 Å². The van der Waals surface area contributed by atoms with E-state index < -0.39 is 0 Å². The molecule has 90 valence electrons. The van der Waals surface area contributed by atoms with Gasteiger partial charge in [-0.2, -0.15) is 0 Å². The first-order chi connectivity index (χ1) is 7.81. The number of pyridine rings is 1. The fourth-order valence-corrected chi connectivity index (χ4v) is 1.81. The van der Waals surface area contributed by atoms with Gasteiger partial charge in [-0.05, 0) is 25.1 Å². The first-order valence-electron chi connectivity index (χ1n) is 5.98. The van der Waals surface area contributed by atoms with Crippen LogP contribution in [0, 0.1) is 0 Å². The van der Waals surface area contributed by atoms with E-state index in [0.717, 1.165) is 12.2 Å². The summed E-state index contributed by atoms with van der Waals surface area (Å²) in [6, 6.07) is 2.44. The van der Waals surface area contributed by atoms with Crippen LogP contribution >= 0.6 is 0 Å². The second-order valence-corrected chi connectivity index (χ2v) is 4.00. The van der Waals surface area contributed by atoms with Crippen molar-refractivity contribution in [3.63, 3.8) is 0 Å². The molecular weight excluding hydrogens is 200 g/mol. The van der Waals surface area contributed by atoms with E-state index in [1.807, 2.05) is 13.2 Å². The lowest BCUT2D eigenvalue weighted by Gasteiger charge is -2.16. The quantitative estimate of drug-likeness (QED) is 0.720. The first-order valence-corrected chi connectivity index (χ1v) is 5.98. The van der Waals surface area contributed by atoms with Crippen LogP contribution in [0.4, 0.5) is 0 Å². The maximum atomic E-state index is 5.18. The second kappa shape index (κ2) is 7.23. The van der Waals surface area contributed by atoms with Crippen molar-refractivity contribution in [2.24, 2.45) is 0 Å². The first kappa shape index (κ1) is 13.0.